The Balaban J connectivity index is 2.37. The van der Waals surface area contributed by atoms with E-state index in [1.54, 1.807) is 6.08 Å². The lowest BCUT2D eigenvalue weighted by atomic mass is 9.86. The minimum atomic E-state index is -0.0370. The van der Waals surface area contributed by atoms with Crippen molar-refractivity contribution in [2.75, 3.05) is 19.7 Å². The van der Waals surface area contributed by atoms with Gasteiger partial charge >= 0.3 is 0 Å². The van der Waals surface area contributed by atoms with Crippen molar-refractivity contribution < 1.29 is 9.53 Å². The van der Waals surface area contributed by atoms with E-state index in [2.05, 4.69) is 31.1 Å². The second kappa shape index (κ2) is 7.54. The zero-order chi connectivity index (χ0) is 13.4. The van der Waals surface area contributed by atoms with Gasteiger partial charge in [-0.2, -0.15) is 0 Å². The molecule has 1 saturated heterocycles. The number of hydrogen-bond acceptors (Lipinski definition) is 3. The first-order valence-corrected chi connectivity index (χ1v) is 6.90. The molecular weight excluding hydrogens is 228 g/mol. The highest BCUT2D eigenvalue weighted by atomic mass is 16.5. The van der Waals surface area contributed by atoms with Crippen molar-refractivity contribution in [2.45, 2.75) is 51.2 Å². The van der Waals surface area contributed by atoms with Crippen LogP contribution in [0.2, 0.25) is 0 Å². The maximum atomic E-state index is 11.7. The molecule has 0 spiro atoms. The largest absolute Gasteiger partial charge is 0.375 e. The summed E-state index contributed by atoms with van der Waals surface area (Å²) in [5.74, 6) is 0.0601. The smallest absolute Gasteiger partial charge is 0.234 e. The van der Waals surface area contributed by atoms with Gasteiger partial charge in [0.05, 0.1) is 12.1 Å². The lowest BCUT2D eigenvalue weighted by Gasteiger charge is -2.40. The predicted molar refractivity (Wildman–Crippen MR) is 73.5 cm³/mol. The van der Waals surface area contributed by atoms with Gasteiger partial charge in [0.25, 0.3) is 0 Å². The lowest BCUT2D eigenvalue weighted by Crippen LogP contribution is -2.49. The lowest BCUT2D eigenvalue weighted by molar-refractivity contribution is -0.125. The molecule has 0 bridgehead atoms. The third kappa shape index (κ3) is 4.42. The van der Waals surface area contributed by atoms with Crippen molar-refractivity contribution >= 4 is 5.91 Å². The number of nitrogens with one attached hydrogen (secondary N) is 2. The van der Waals surface area contributed by atoms with Crippen LogP contribution >= 0.6 is 0 Å². The Labute approximate surface area is 110 Å². The van der Waals surface area contributed by atoms with Crippen LogP contribution in [0.3, 0.4) is 0 Å². The van der Waals surface area contributed by atoms with Crippen LogP contribution in [0.5, 0.6) is 0 Å². The van der Waals surface area contributed by atoms with E-state index < -0.39 is 0 Å². The van der Waals surface area contributed by atoms with Gasteiger partial charge in [0, 0.05) is 19.2 Å². The van der Waals surface area contributed by atoms with Crippen molar-refractivity contribution in [3.05, 3.63) is 12.7 Å². The fourth-order valence-electron chi connectivity index (χ4n) is 2.46. The molecule has 0 radical (unpaired) electrons. The highest BCUT2D eigenvalue weighted by Crippen LogP contribution is 2.31. The molecule has 4 heteroatoms. The molecule has 2 N–H and O–H groups in total. The monoisotopic (exact) mass is 254 g/mol. The van der Waals surface area contributed by atoms with Gasteiger partial charge in [0.1, 0.15) is 0 Å². The van der Waals surface area contributed by atoms with Crippen molar-refractivity contribution in [3.63, 3.8) is 0 Å². The second-order valence-electron chi connectivity index (χ2n) is 4.92. The van der Waals surface area contributed by atoms with Gasteiger partial charge in [-0.1, -0.05) is 19.9 Å². The Hall–Kier alpha value is -0.870. The van der Waals surface area contributed by atoms with Crippen LogP contribution in [0.4, 0.5) is 0 Å². The molecule has 0 saturated carbocycles. The molecule has 1 aliphatic rings. The van der Waals surface area contributed by atoms with E-state index >= 15 is 0 Å². The van der Waals surface area contributed by atoms with Crippen molar-refractivity contribution in [1.82, 2.24) is 10.6 Å². The van der Waals surface area contributed by atoms with Gasteiger partial charge in [-0.3, -0.25) is 4.79 Å². The molecule has 18 heavy (non-hydrogen) atoms. The van der Waals surface area contributed by atoms with Gasteiger partial charge in [0.15, 0.2) is 0 Å². The highest BCUT2D eigenvalue weighted by Gasteiger charge is 2.34. The zero-order valence-electron chi connectivity index (χ0n) is 11.6. The van der Waals surface area contributed by atoms with Crippen LogP contribution < -0.4 is 10.6 Å². The molecule has 1 fully saturated rings. The number of carbonyl (C=O) groups excluding carboxylic acids is 1. The third-order valence-corrected chi connectivity index (χ3v) is 3.72. The molecule has 0 aromatic carbocycles. The molecule has 4 nitrogen and oxygen atoms in total. The molecule has 0 aromatic heterocycles. The van der Waals surface area contributed by atoms with Gasteiger partial charge in [0.2, 0.25) is 5.91 Å². The zero-order valence-corrected chi connectivity index (χ0v) is 11.6. The predicted octanol–water partition coefficient (Wildman–Crippen LogP) is 1.62. The number of carbonyl (C=O) groups is 1. The minimum Gasteiger partial charge on any atom is -0.375 e. The van der Waals surface area contributed by atoms with E-state index in [4.69, 9.17) is 4.74 Å². The van der Waals surface area contributed by atoms with E-state index in [-0.39, 0.29) is 17.6 Å². The summed E-state index contributed by atoms with van der Waals surface area (Å²) in [6.45, 7) is 9.67. The van der Waals surface area contributed by atoms with Crippen molar-refractivity contribution in [1.29, 1.82) is 0 Å². The average molecular weight is 254 g/mol. The maximum absolute atomic E-state index is 11.7. The van der Waals surface area contributed by atoms with E-state index in [0.29, 0.717) is 13.1 Å². The van der Waals surface area contributed by atoms with E-state index in [0.717, 1.165) is 32.3 Å². The van der Waals surface area contributed by atoms with Crippen LogP contribution in [0.1, 0.15) is 39.5 Å². The Bertz CT molecular complexity index is 275. The van der Waals surface area contributed by atoms with Crippen molar-refractivity contribution in [3.8, 4) is 0 Å². The summed E-state index contributed by atoms with van der Waals surface area (Å²) < 4.78 is 5.89. The summed E-state index contributed by atoms with van der Waals surface area (Å²) in [5, 5.41) is 6.10. The standard InChI is InChI=1S/C14H26N2O2/c1-4-8-15-11-13(17)16-12-7-9-18-14(5-2,6-3)10-12/h4,12,15H,1,5-11H2,2-3H3,(H,16,17). The Morgan fingerprint density at radius 2 is 2.22 bits per heavy atom. The topological polar surface area (TPSA) is 50.4 Å². The first-order valence-electron chi connectivity index (χ1n) is 6.90. The normalized spacial score (nSPS) is 22.4. The third-order valence-electron chi connectivity index (χ3n) is 3.72. The van der Waals surface area contributed by atoms with Crippen molar-refractivity contribution in [2.24, 2.45) is 0 Å². The first-order chi connectivity index (χ1) is 8.65. The van der Waals surface area contributed by atoms with Gasteiger partial charge < -0.3 is 15.4 Å². The SMILES string of the molecule is C=CCNCC(=O)NC1CCOC(CC)(CC)C1. The van der Waals surface area contributed by atoms with E-state index in [1.807, 2.05) is 0 Å². The number of rotatable bonds is 7. The van der Waals surface area contributed by atoms with Crippen LogP contribution in [-0.2, 0) is 9.53 Å². The number of hydrogen-bond donors (Lipinski definition) is 2. The molecule has 1 unspecified atom stereocenters. The minimum absolute atomic E-state index is 0.0370. The van der Waals surface area contributed by atoms with Gasteiger partial charge in [-0.15, -0.1) is 6.58 Å². The summed E-state index contributed by atoms with van der Waals surface area (Å²) >= 11 is 0. The molecule has 104 valence electrons. The van der Waals surface area contributed by atoms with Crippen LogP contribution in [0.15, 0.2) is 12.7 Å². The number of ether oxygens (including phenoxy) is 1. The average Bonchev–Trinajstić information content (AvgIpc) is 2.39. The second-order valence-corrected chi connectivity index (χ2v) is 4.92. The number of amides is 1. The summed E-state index contributed by atoms with van der Waals surface area (Å²) in [6.07, 6.45) is 5.60. The summed E-state index contributed by atoms with van der Waals surface area (Å²) in [4.78, 5) is 11.7. The first kappa shape index (κ1) is 15.2. The molecule has 1 heterocycles. The Kier molecular flexibility index (Phi) is 6.36. The van der Waals surface area contributed by atoms with Gasteiger partial charge in [-0.25, -0.2) is 0 Å². The Morgan fingerprint density at radius 3 is 2.83 bits per heavy atom. The molecule has 0 aromatic rings. The fraction of sp³-hybridized carbons (Fsp3) is 0.786. The molecule has 1 amide bonds. The Morgan fingerprint density at radius 1 is 1.50 bits per heavy atom. The van der Waals surface area contributed by atoms with E-state index in [1.165, 1.54) is 0 Å². The van der Waals surface area contributed by atoms with Crippen LogP contribution in [0.25, 0.3) is 0 Å². The molecule has 0 aliphatic carbocycles. The van der Waals surface area contributed by atoms with Crippen LogP contribution in [-0.4, -0.2) is 37.2 Å². The molecule has 1 atom stereocenters. The quantitative estimate of drug-likeness (QED) is 0.536. The summed E-state index contributed by atoms with van der Waals surface area (Å²) in [5.41, 5.74) is -0.0370. The highest BCUT2D eigenvalue weighted by molar-refractivity contribution is 5.78. The summed E-state index contributed by atoms with van der Waals surface area (Å²) in [7, 11) is 0. The molecule has 1 aliphatic heterocycles. The van der Waals surface area contributed by atoms with E-state index in [9.17, 15) is 4.79 Å². The molecule has 1 rings (SSSR count). The maximum Gasteiger partial charge on any atom is 0.234 e. The fourth-order valence-corrected chi connectivity index (χ4v) is 2.46. The summed E-state index contributed by atoms with van der Waals surface area (Å²) in [6, 6.07) is 0.247. The van der Waals surface area contributed by atoms with Crippen LogP contribution in [0, 0.1) is 0 Å². The molecular formula is C14H26N2O2. The van der Waals surface area contributed by atoms with Gasteiger partial charge in [-0.05, 0) is 25.7 Å².